The third-order valence-electron chi connectivity index (χ3n) is 3.84. The minimum absolute atomic E-state index is 0.0312. The van der Waals surface area contributed by atoms with Gasteiger partial charge >= 0.3 is 6.18 Å². The van der Waals surface area contributed by atoms with Crippen molar-refractivity contribution >= 4 is 22.8 Å². The molecule has 0 aliphatic heterocycles. The molecule has 0 fully saturated rings. The fraction of sp³-hybridized carbons (Fsp3) is 0.263. The van der Waals surface area contributed by atoms with Gasteiger partial charge in [0.25, 0.3) is 0 Å². The van der Waals surface area contributed by atoms with Crippen molar-refractivity contribution < 1.29 is 17.6 Å². The number of hydrogen-bond donors (Lipinski definition) is 0. The lowest BCUT2D eigenvalue weighted by atomic mass is 10.1. The summed E-state index contributed by atoms with van der Waals surface area (Å²) in [5.74, 6) is 0.827. The van der Waals surface area contributed by atoms with Crippen LogP contribution in [-0.4, -0.2) is 15.7 Å². The predicted molar refractivity (Wildman–Crippen MR) is 95.9 cm³/mol. The predicted octanol–water partition coefficient (Wildman–Crippen LogP) is 6.46. The Labute approximate surface area is 152 Å². The summed E-state index contributed by atoms with van der Waals surface area (Å²) in [6, 6.07) is 10.6. The third-order valence-corrected chi connectivity index (χ3v) is 4.79. The van der Waals surface area contributed by atoms with Crippen LogP contribution in [-0.2, 0) is 6.18 Å². The van der Waals surface area contributed by atoms with Crippen LogP contribution >= 0.6 is 11.8 Å². The van der Waals surface area contributed by atoms with E-state index in [-0.39, 0.29) is 11.2 Å². The van der Waals surface area contributed by atoms with Gasteiger partial charge in [0, 0.05) is 10.5 Å². The largest absolute Gasteiger partial charge is 0.416 e. The molecule has 1 heterocycles. The number of fused-ring (bicyclic) bond motifs is 1. The van der Waals surface area contributed by atoms with E-state index in [0.717, 1.165) is 28.3 Å². The Morgan fingerprint density at radius 1 is 1.04 bits per heavy atom. The van der Waals surface area contributed by atoms with Gasteiger partial charge in [-0.1, -0.05) is 25.1 Å². The Morgan fingerprint density at radius 2 is 1.77 bits per heavy atom. The van der Waals surface area contributed by atoms with Crippen LogP contribution < -0.4 is 0 Å². The number of aromatic nitrogens is 2. The summed E-state index contributed by atoms with van der Waals surface area (Å²) in [5, 5.41) is 0. The van der Waals surface area contributed by atoms with E-state index in [4.69, 9.17) is 0 Å². The van der Waals surface area contributed by atoms with Crippen molar-refractivity contribution in [3.63, 3.8) is 0 Å². The zero-order chi connectivity index (χ0) is 18.9. The number of thioether (sulfide) groups is 1. The maximum absolute atomic E-state index is 14.2. The lowest BCUT2D eigenvalue weighted by molar-refractivity contribution is -0.137. The standard InChI is InChI=1S/C19H16F4N2S/c1-3-26-16-7-5-4-6-13(16)18-17(11(2)20)25-15-10-12(19(21,22)23)8-9-14(15)24-18/h4-11H,3H2,1-2H3. The first-order chi connectivity index (χ1) is 12.3. The second-order valence-corrected chi connectivity index (χ2v) is 7.01. The molecule has 0 N–H and O–H groups in total. The van der Waals surface area contributed by atoms with Crippen LogP contribution in [0.4, 0.5) is 17.6 Å². The van der Waals surface area contributed by atoms with Gasteiger partial charge in [0.1, 0.15) is 11.9 Å². The number of halogens is 4. The molecule has 2 nitrogen and oxygen atoms in total. The Hall–Kier alpha value is -2.15. The second-order valence-electron chi connectivity index (χ2n) is 5.70. The average Bonchev–Trinajstić information content (AvgIpc) is 2.60. The van der Waals surface area contributed by atoms with E-state index < -0.39 is 17.9 Å². The molecule has 3 aromatic rings. The molecule has 0 saturated carbocycles. The molecule has 1 aromatic heterocycles. The first kappa shape index (κ1) is 18.6. The smallest absolute Gasteiger partial charge is 0.246 e. The molecule has 1 unspecified atom stereocenters. The summed E-state index contributed by atoms with van der Waals surface area (Å²) in [5.41, 5.74) is 0.641. The van der Waals surface area contributed by atoms with Crippen molar-refractivity contribution in [1.82, 2.24) is 9.97 Å². The van der Waals surface area contributed by atoms with E-state index in [2.05, 4.69) is 9.97 Å². The van der Waals surface area contributed by atoms with Gasteiger partial charge in [-0.2, -0.15) is 13.2 Å². The highest BCUT2D eigenvalue weighted by atomic mass is 32.2. The van der Waals surface area contributed by atoms with Gasteiger partial charge in [0.05, 0.1) is 22.3 Å². The molecule has 0 bridgehead atoms. The monoisotopic (exact) mass is 380 g/mol. The van der Waals surface area contributed by atoms with Crippen molar-refractivity contribution in [2.75, 3.05) is 5.75 Å². The van der Waals surface area contributed by atoms with Gasteiger partial charge in [-0.15, -0.1) is 11.8 Å². The Kier molecular flexibility index (Phi) is 5.18. The zero-order valence-electron chi connectivity index (χ0n) is 14.1. The Morgan fingerprint density at radius 3 is 2.42 bits per heavy atom. The molecular formula is C19H16F4N2S. The highest BCUT2D eigenvalue weighted by Crippen LogP contribution is 2.36. The maximum Gasteiger partial charge on any atom is 0.416 e. The zero-order valence-corrected chi connectivity index (χ0v) is 15.0. The van der Waals surface area contributed by atoms with Gasteiger partial charge in [-0.3, -0.25) is 0 Å². The van der Waals surface area contributed by atoms with E-state index in [9.17, 15) is 17.6 Å². The number of rotatable bonds is 4. The van der Waals surface area contributed by atoms with Crippen LogP contribution in [0.25, 0.3) is 22.3 Å². The van der Waals surface area contributed by atoms with E-state index >= 15 is 0 Å². The van der Waals surface area contributed by atoms with Crippen molar-refractivity contribution in [3.8, 4) is 11.3 Å². The summed E-state index contributed by atoms with van der Waals surface area (Å²) >= 11 is 1.59. The topological polar surface area (TPSA) is 25.8 Å². The van der Waals surface area contributed by atoms with Crippen LogP contribution in [0.15, 0.2) is 47.4 Å². The number of nitrogens with zero attached hydrogens (tertiary/aromatic N) is 2. The summed E-state index contributed by atoms with van der Waals surface area (Å²) < 4.78 is 53.0. The SMILES string of the molecule is CCSc1ccccc1-c1nc2ccc(C(F)(F)F)cc2nc1C(C)F. The van der Waals surface area contributed by atoms with Gasteiger partial charge in [-0.25, -0.2) is 14.4 Å². The molecular weight excluding hydrogens is 364 g/mol. The van der Waals surface area contributed by atoms with Crippen molar-refractivity contribution in [3.05, 3.63) is 53.7 Å². The van der Waals surface area contributed by atoms with Crippen LogP contribution in [0.2, 0.25) is 0 Å². The quantitative estimate of drug-likeness (QED) is 0.384. The minimum Gasteiger partial charge on any atom is -0.246 e. The molecule has 0 radical (unpaired) electrons. The molecule has 0 aliphatic rings. The Balaban J connectivity index is 2.24. The number of benzene rings is 2. The lowest BCUT2D eigenvalue weighted by Gasteiger charge is -2.14. The molecule has 26 heavy (non-hydrogen) atoms. The maximum atomic E-state index is 14.2. The molecule has 0 saturated heterocycles. The molecule has 0 spiro atoms. The Bertz CT molecular complexity index is 938. The first-order valence-corrected chi connectivity index (χ1v) is 9.05. The summed E-state index contributed by atoms with van der Waals surface area (Å²) in [6.07, 6.45) is -5.95. The molecule has 136 valence electrons. The summed E-state index contributed by atoms with van der Waals surface area (Å²) in [6.45, 7) is 3.31. The molecule has 0 aliphatic carbocycles. The van der Waals surface area contributed by atoms with E-state index in [0.29, 0.717) is 11.2 Å². The molecule has 0 amide bonds. The lowest BCUT2D eigenvalue weighted by Crippen LogP contribution is -2.06. The molecule has 7 heteroatoms. The number of alkyl halides is 4. The molecule has 2 aromatic carbocycles. The van der Waals surface area contributed by atoms with Gasteiger partial charge < -0.3 is 0 Å². The third kappa shape index (κ3) is 3.67. The fourth-order valence-electron chi connectivity index (χ4n) is 2.66. The normalized spacial score (nSPS) is 13.2. The summed E-state index contributed by atoms with van der Waals surface area (Å²) in [4.78, 5) is 9.56. The average molecular weight is 380 g/mol. The van der Waals surface area contributed by atoms with Crippen molar-refractivity contribution in [2.24, 2.45) is 0 Å². The fourth-order valence-corrected chi connectivity index (χ4v) is 3.47. The van der Waals surface area contributed by atoms with Crippen LogP contribution in [0, 0.1) is 0 Å². The van der Waals surface area contributed by atoms with Gasteiger partial charge in [-0.05, 0) is 36.9 Å². The van der Waals surface area contributed by atoms with E-state index in [1.807, 2.05) is 31.2 Å². The second kappa shape index (κ2) is 7.23. The first-order valence-electron chi connectivity index (χ1n) is 8.06. The van der Waals surface area contributed by atoms with Gasteiger partial charge in [0.2, 0.25) is 0 Å². The van der Waals surface area contributed by atoms with Crippen LogP contribution in [0.1, 0.15) is 31.3 Å². The van der Waals surface area contributed by atoms with Crippen LogP contribution in [0.3, 0.4) is 0 Å². The van der Waals surface area contributed by atoms with Gasteiger partial charge in [0.15, 0.2) is 0 Å². The molecule has 1 atom stereocenters. The van der Waals surface area contributed by atoms with Crippen molar-refractivity contribution in [1.29, 1.82) is 0 Å². The van der Waals surface area contributed by atoms with Crippen LogP contribution in [0.5, 0.6) is 0 Å². The minimum atomic E-state index is -4.49. The molecule has 3 rings (SSSR count). The van der Waals surface area contributed by atoms with E-state index in [1.165, 1.54) is 13.0 Å². The summed E-state index contributed by atoms with van der Waals surface area (Å²) in [7, 11) is 0. The highest BCUT2D eigenvalue weighted by Gasteiger charge is 2.31. The number of hydrogen-bond acceptors (Lipinski definition) is 3. The van der Waals surface area contributed by atoms with E-state index in [1.54, 1.807) is 11.8 Å². The highest BCUT2D eigenvalue weighted by molar-refractivity contribution is 7.99. The van der Waals surface area contributed by atoms with Crippen molar-refractivity contribution in [2.45, 2.75) is 31.1 Å².